The zero-order chi connectivity index (χ0) is 16.4. The molecule has 0 aliphatic rings. The molecule has 21 heavy (non-hydrogen) atoms. The van der Waals surface area contributed by atoms with Crippen LogP contribution in [0.15, 0.2) is 18.2 Å². The number of Topliss-reactive ketones (excluding diaryl/α,β-unsaturated/α-hetero) is 1. The highest BCUT2D eigenvalue weighted by Gasteiger charge is 2.39. The number of ketones is 1. The maximum atomic E-state index is 12.0. The van der Waals surface area contributed by atoms with E-state index in [0.717, 1.165) is 16.9 Å². The minimum Gasteiger partial charge on any atom is -0.543 e. The van der Waals surface area contributed by atoms with Crippen molar-refractivity contribution in [2.24, 2.45) is 0 Å². The van der Waals surface area contributed by atoms with Crippen LogP contribution in [-0.4, -0.2) is 14.1 Å². The summed E-state index contributed by atoms with van der Waals surface area (Å²) in [5.74, 6) is 0.987. The van der Waals surface area contributed by atoms with Crippen LogP contribution in [0.3, 0.4) is 0 Å². The van der Waals surface area contributed by atoms with Gasteiger partial charge in [-0.3, -0.25) is 4.79 Å². The topological polar surface area (TPSA) is 26.3 Å². The van der Waals surface area contributed by atoms with Crippen molar-refractivity contribution >= 4 is 46.0 Å². The summed E-state index contributed by atoms with van der Waals surface area (Å²) < 4.78 is 6.25. The zero-order valence-corrected chi connectivity index (χ0v) is 17.8. The van der Waals surface area contributed by atoms with Gasteiger partial charge >= 0.3 is 0 Å². The molecule has 0 bridgehead atoms. The van der Waals surface area contributed by atoms with Crippen molar-refractivity contribution in [1.82, 2.24) is 0 Å². The van der Waals surface area contributed by atoms with Gasteiger partial charge in [0.25, 0.3) is 0 Å². The Morgan fingerprint density at radius 2 is 1.86 bits per heavy atom. The number of rotatable bonds is 5. The Balaban J connectivity index is 3.18. The molecule has 0 radical (unpaired) electrons. The first-order valence-electron chi connectivity index (χ1n) is 7.14. The predicted molar refractivity (Wildman–Crippen MR) is 99.5 cm³/mol. The van der Waals surface area contributed by atoms with Crippen molar-refractivity contribution in [3.63, 3.8) is 0 Å². The number of carbonyl (C=O) groups is 1. The van der Waals surface area contributed by atoms with Crippen LogP contribution < -0.4 is 4.43 Å². The molecule has 2 nitrogen and oxygen atoms in total. The summed E-state index contributed by atoms with van der Waals surface area (Å²) in [4.78, 5) is 12.0. The van der Waals surface area contributed by atoms with Crippen molar-refractivity contribution in [3.05, 3.63) is 29.3 Å². The molecule has 0 heterocycles. The van der Waals surface area contributed by atoms with Gasteiger partial charge in [-0.05, 0) is 41.9 Å². The fourth-order valence-electron chi connectivity index (χ4n) is 1.68. The molecular weight excluding hydrogens is 412 g/mol. The molecule has 0 atom stereocenters. The van der Waals surface area contributed by atoms with E-state index in [2.05, 4.69) is 65.7 Å². The Hall–Kier alpha value is -0.133. The Kier molecular flexibility index (Phi) is 6.27. The van der Waals surface area contributed by atoms with Crippen molar-refractivity contribution in [2.75, 3.05) is 0 Å². The Labute approximate surface area is 146 Å². The van der Waals surface area contributed by atoms with Gasteiger partial charge in [-0.15, -0.1) is 0 Å². The molecule has 0 fully saturated rings. The van der Waals surface area contributed by atoms with E-state index in [4.69, 9.17) is 4.43 Å². The van der Waals surface area contributed by atoms with Gasteiger partial charge in [0.05, 0.1) is 3.74 Å². The van der Waals surface area contributed by atoms with E-state index in [-0.39, 0.29) is 14.6 Å². The van der Waals surface area contributed by atoms with Gasteiger partial charge in [0, 0.05) is 12.0 Å². The highest BCUT2D eigenvalue weighted by molar-refractivity contribution is 9.24. The van der Waals surface area contributed by atoms with Gasteiger partial charge in [0.2, 0.25) is 8.32 Å². The lowest BCUT2D eigenvalue weighted by Crippen LogP contribution is -2.43. The fourth-order valence-corrected chi connectivity index (χ4v) is 3.46. The maximum absolute atomic E-state index is 12.0. The molecule has 0 unspecified atom stereocenters. The van der Waals surface area contributed by atoms with Gasteiger partial charge in [-0.25, -0.2) is 0 Å². The van der Waals surface area contributed by atoms with Crippen LogP contribution in [-0.2, 0) is 0 Å². The molecule has 0 aliphatic heterocycles. The molecule has 0 amide bonds. The highest BCUT2D eigenvalue weighted by Crippen LogP contribution is 2.39. The summed E-state index contributed by atoms with van der Waals surface area (Å²) >= 11 is 7.01. The van der Waals surface area contributed by atoms with Crippen LogP contribution in [0.5, 0.6) is 5.75 Å². The summed E-state index contributed by atoms with van der Waals surface area (Å²) in [5, 5.41) is 0.146. The second-order valence-corrected chi connectivity index (χ2v) is 14.5. The first-order chi connectivity index (χ1) is 9.49. The number of hydrogen-bond acceptors (Lipinski definition) is 2. The lowest BCUT2D eigenvalue weighted by molar-refractivity contribution is 0.0987. The highest BCUT2D eigenvalue weighted by atomic mass is 79.9. The van der Waals surface area contributed by atoms with Crippen LogP contribution >= 0.6 is 31.9 Å². The van der Waals surface area contributed by atoms with Crippen molar-refractivity contribution < 1.29 is 9.22 Å². The monoisotopic (exact) mass is 434 g/mol. The predicted octanol–water partition coefficient (Wildman–Crippen LogP) is 6.45. The van der Waals surface area contributed by atoms with Gasteiger partial charge in [0.1, 0.15) is 5.75 Å². The standard InChI is InChI=1S/C16H24Br2O2Si/c1-7-14(19)12-9-8-11(10-13(12)15(17)18)20-21(5,6)16(2,3)4/h8-10,15H,7H2,1-6H3. The molecule has 0 spiro atoms. The quantitative estimate of drug-likeness (QED) is 0.301. The van der Waals surface area contributed by atoms with Gasteiger partial charge in [0.15, 0.2) is 5.78 Å². The molecule has 1 rings (SSSR count). The van der Waals surface area contributed by atoms with Crippen LogP contribution in [0.1, 0.15) is 53.8 Å². The molecule has 0 N–H and O–H groups in total. The molecule has 0 saturated heterocycles. The minimum atomic E-state index is -1.87. The summed E-state index contributed by atoms with van der Waals surface area (Å²) in [5.41, 5.74) is 1.68. The number of hydrogen-bond donors (Lipinski definition) is 0. The van der Waals surface area contributed by atoms with Gasteiger partial charge in [-0.2, -0.15) is 0 Å². The summed E-state index contributed by atoms with van der Waals surface area (Å²) in [6.07, 6.45) is 0.502. The molecule has 118 valence electrons. The van der Waals surface area contributed by atoms with E-state index in [1.165, 1.54) is 0 Å². The van der Waals surface area contributed by atoms with E-state index in [9.17, 15) is 4.79 Å². The second kappa shape index (κ2) is 6.96. The van der Waals surface area contributed by atoms with E-state index in [1.807, 2.05) is 25.1 Å². The number of benzene rings is 1. The summed E-state index contributed by atoms with van der Waals surface area (Å²) in [6.45, 7) is 13.0. The Bertz CT molecular complexity index is 519. The first-order valence-corrected chi connectivity index (χ1v) is 11.9. The Morgan fingerprint density at radius 3 is 2.29 bits per heavy atom. The molecule has 1 aromatic rings. The number of halogens is 2. The van der Waals surface area contributed by atoms with Gasteiger partial charge in [-0.1, -0.05) is 59.6 Å². The van der Waals surface area contributed by atoms with Crippen molar-refractivity contribution in [3.8, 4) is 5.75 Å². The van der Waals surface area contributed by atoms with Gasteiger partial charge < -0.3 is 4.43 Å². The molecule has 0 saturated carbocycles. The lowest BCUT2D eigenvalue weighted by Gasteiger charge is -2.36. The van der Waals surface area contributed by atoms with E-state index in [0.29, 0.717) is 6.42 Å². The SMILES string of the molecule is CCC(=O)c1ccc(O[Si](C)(C)C(C)(C)C)cc1C(Br)Br. The summed E-state index contributed by atoms with van der Waals surface area (Å²) in [6, 6.07) is 5.76. The Morgan fingerprint density at radius 1 is 1.29 bits per heavy atom. The average Bonchev–Trinajstić information content (AvgIpc) is 2.35. The van der Waals surface area contributed by atoms with Crippen molar-refractivity contribution in [2.45, 2.75) is 56.0 Å². The molecule has 0 aliphatic carbocycles. The number of alkyl halides is 2. The van der Waals surface area contributed by atoms with Crippen LogP contribution in [0.2, 0.25) is 18.1 Å². The molecule has 1 aromatic carbocycles. The third-order valence-electron chi connectivity index (χ3n) is 4.06. The average molecular weight is 436 g/mol. The number of carbonyl (C=O) groups excluding carboxylic acids is 1. The lowest BCUT2D eigenvalue weighted by atomic mass is 10.0. The molecular formula is C16H24Br2O2Si. The smallest absolute Gasteiger partial charge is 0.250 e. The van der Waals surface area contributed by atoms with Crippen LogP contribution in [0.25, 0.3) is 0 Å². The molecule has 0 aromatic heterocycles. The maximum Gasteiger partial charge on any atom is 0.250 e. The van der Waals surface area contributed by atoms with E-state index >= 15 is 0 Å². The normalized spacial score (nSPS) is 12.6. The first kappa shape index (κ1) is 18.9. The fraction of sp³-hybridized carbons (Fsp3) is 0.562. The van der Waals surface area contributed by atoms with Crippen LogP contribution in [0, 0.1) is 0 Å². The van der Waals surface area contributed by atoms with E-state index < -0.39 is 8.32 Å². The third kappa shape index (κ3) is 4.67. The largest absolute Gasteiger partial charge is 0.543 e. The second-order valence-electron chi connectivity index (χ2n) is 6.69. The zero-order valence-electron chi connectivity index (χ0n) is 13.6. The minimum absolute atomic E-state index is 0.0570. The molecule has 5 heteroatoms. The van der Waals surface area contributed by atoms with E-state index in [1.54, 1.807) is 0 Å². The van der Waals surface area contributed by atoms with Crippen molar-refractivity contribution in [1.29, 1.82) is 0 Å². The van der Waals surface area contributed by atoms with Crippen LogP contribution in [0.4, 0.5) is 0 Å². The summed E-state index contributed by atoms with van der Waals surface area (Å²) in [7, 11) is -1.87. The third-order valence-corrected chi connectivity index (χ3v) is 9.40.